The number of carboxylic acids is 1. The third-order valence-electron chi connectivity index (χ3n) is 1.32. The van der Waals surface area contributed by atoms with Crippen LogP contribution < -0.4 is 5.84 Å². The minimum atomic E-state index is -0.875. The lowest BCUT2D eigenvalue weighted by Crippen LogP contribution is -2.46. The third-order valence-corrected chi connectivity index (χ3v) is 1.32. The molecule has 0 aromatic carbocycles. The summed E-state index contributed by atoms with van der Waals surface area (Å²) in [6.07, 6.45) is 0. The number of hydrogen-bond donors (Lipinski definition) is 2. The Morgan fingerprint density at radius 1 is 1.60 bits per heavy atom. The molecule has 0 radical (unpaired) electrons. The van der Waals surface area contributed by atoms with Crippen molar-refractivity contribution in [2.24, 2.45) is 11.8 Å². The van der Waals surface area contributed by atoms with E-state index in [1.54, 1.807) is 7.05 Å². The predicted octanol–water partition coefficient (Wildman–Crippen LogP) is -0.0989. The van der Waals surface area contributed by atoms with E-state index in [1.165, 1.54) is 5.01 Å². The number of aliphatic carboxylic acids is 1. The number of carboxylic acid groups (broad SMARTS) is 1. The van der Waals surface area contributed by atoms with Crippen molar-refractivity contribution in [2.75, 3.05) is 7.05 Å². The van der Waals surface area contributed by atoms with Crippen LogP contribution in [0.4, 0.5) is 0 Å². The molecule has 0 aliphatic rings. The van der Waals surface area contributed by atoms with Crippen molar-refractivity contribution in [1.82, 2.24) is 5.01 Å². The molecule has 0 amide bonds. The van der Waals surface area contributed by atoms with Crippen LogP contribution in [0.2, 0.25) is 0 Å². The summed E-state index contributed by atoms with van der Waals surface area (Å²) in [6, 6.07) is -0.583. The molecule has 3 N–H and O–H groups in total. The van der Waals surface area contributed by atoms with E-state index in [-0.39, 0.29) is 5.92 Å². The minimum absolute atomic E-state index is 0.0347. The van der Waals surface area contributed by atoms with Crippen molar-refractivity contribution in [3.05, 3.63) is 0 Å². The van der Waals surface area contributed by atoms with Crippen LogP contribution in [-0.4, -0.2) is 29.2 Å². The molecule has 4 heteroatoms. The highest BCUT2D eigenvalue weighted by Gasteiger charge is 2.23. The average Bonchev–Trinajstić information content (AvgIpc) is 1.59. The number of nitrogens with two attached hydrogens (primary N) is 1. The second-order valence-corrected chi connectivity index (χ2v) is 2.69. The molecule has 0 fully saturated rings. The molecule has 60 valence electrons. The lowest BCUT2D eigenvalue weighted by molar-refractivity contribution is -0.144. The summed E-state index contributed by atoms with van der Waals surface area (Å²) >= 11 is 0. The highest BCUT2D eigenvalue weighted by Crippen LogP contribution is 2.05. The molecule has 0 aromatic heterocycles. The van der Waals surface area contributed by atoms with Crippen LogP contribution in [0.5, 0.6) is 0 Å². The van der Waals surface area contributed by atoms with Gasteiger partial charge in [0.15, 0.2) is 0 Å². The van der Waals surface area contributed by atoms with Crippen molar-refractivity contribution in [3.63, 3.8) is 0 Å². The second kappa shape index (κ2) is 3.53. The van der Waals surface area contributed by atoms with E-state index in [0.717, 1.165) is 0 Å². The fourth-order valence-corrected chi connectivity index (χ4v) is 0.930. The fraction of sp³-hybridized carbons (Fsp3) is 0.833. The highest BCUT2D eigenvalue weighted by molar-refractivity contribution is 5.73. The Bertz CT molecular complexity index is 115. The van der Waals surface area contributed by atoms with Crippen molar-refractivity contribution in [1.29, 1.82) is 0 Å². The quantitative estimate of drug-likeness (QED) is 0.431. The van der Waals surface area contributed by atoms with Gasteiger partial charge in [0.25, 0.3) is 0 Å². The summed E-state index contributed by atoms with van der Waals surface area (Å²) in [4.78, 5) is 10.5. The molecule has 0 aliphatic heterocycles. The first-order valence-corrected chi connectivity index (χ1v) is 3.17. The van der Waals surface area contributed by atoms with Crippen LogP contribution in [0, 0.1) is 5.92 Å². The fourth-order valence-electron chi connectivity index (χ4n) is 0.930. The molecule has 1 atom stereocenters. The zero-order valence-electron chi connectivity index (χ0n) is 6.53. The molecule has 4 nitrogen and oxygen atoms in total. The number of likely N-dealkylation sites (N-methyl/N-ethyl adjacent to an activating group) is 1. The van der Waals surface area contributed by atoms with Crippen LogP contribution in [0.15, 0.2) is 0 Å². The Morgan fingerprint density at radius 3 is 2.00 bits per heavy atom. The molecule has 0 saturated heterocycles. The van der Waals surface area contributed by atoms with E-state index < -0.39 is 12.0 Å². The lowest BCUT2D eigenvalue weighted by atomic mass is 10.1. The molecular weight excluding hydrogens is 132 g/mol. The average molecular weight is 146 g/mol. The van der Waals surface area contributed by atoms with Gasteiger partial charge in [-0.2, -0.15) is 0 Å². The third kappa shape index (κ3) is 2.33. The highest BCUT2D eigenvalue weighted by atomic mass is 16.4. The largest absolute Gasteiger partial charge is 0.480 e. The smallest absolute Gasteiger partial charge is 0.322 e. The van der Waals surface area contributed by atoms with Gasteiger partial charge in [-0.1, -0.05) is 13.8 Å². The van der Waals surface area contributed by atoms with Crippen molar-refractivity contribution in [2.45, 2.75) is 19.9 Å². The predicted molar refractivity (Wildman–Crippen MR) is 38.2 cm³/mol. The zero-order chi connectivity index (χ0) is 8.31. The number of carbonyl (C=O) groups is 1. The molecule has 0 saturated carbocycles. The summed E-state index contributed by atoms with van der Waals surface area (Å²) in [6.45, 7) is 3.64. The van der Waals surface area contributed by atoms with E-state index in [2.05, 4.69) is 0 Å². The van der Waals surface area contributed by atoms with Crippen LogP contribution >= 0.6 is 0 Å². The molecule has 0 aliphatic carbocycles. The number of hydrogen-bond acceptors (Lipinski definition) is 3. The van der Waals surface area contributed by atoms with Crippen LogP contribution in [0.1, 0.15) is 13.8 Å². The zero-order valence-corrected chi connectivity index (χ0v) is 6.53. The van der Waals surface area contributed by atoms with Crippen molar-refractivity contribution in [3.8, 4) is 0 Å². The molecule has 10 heavy (non-hydrogen) atoms. The van der Waals surface area contributed by atoms with Crippen molar-refractivity contribution < 1.29 is 9.90 Å². The Labute approximate surface area is 60.6 Å². The number of nitrogens with zero attached hydrogens (tertiary/aromatic N) is 1. The Kier molecular flexibility index (Phi) is 3.32. The Balaban J connectivity index is 4.12. The molecule has 0 rings (SSSR count). The van der Waals surface area contributed by atoms with Gasteiger partial charge in [-0.25, -0.2) is 5.01 Å². The summed E-state index contributed by atoms with van der Waals surface area (Å²) in [7, 11) is 1.55. The van der Waals surface area contributed by atoms with E-state index in [0.29, 0.717) is 0 Å². The van der Waals surface area contributed by atoms with Gasteiger partial charge in [-0.15, -0.1) is 0 Å². The number of rotatable bonds is 3. The molecule has 0 aromatic rings. The monoisotopic (exact) mass is 146 g/mol. The minimum Gasteiger partial charge on any atom is -0.480 e. The molecule has 0 spiro atoms. The lowest BCUT2D eigenvalue weighted by Gasteiger charge is -2.22. The molecule has 0 heterocycles. The van der Waals surface area contributed by atoms with E-state index in [9.17, 15) is 4.79 Å². The normalized spacial score (nSPS) is 14.2. The van der Waals surface area contributed by atoms with Crippen LogP contribution in [0.25, 0.3) is 0 Å². The second-order valence-electron chi connectivity index (χ2n) is 2.69. The maximum Gasteiger partial charge on any atom is 0.322 e. The maximum absolute atomic E-state index is 10.5. The van der Waals surface area contributed by atoms with Gasteiger partial charge in [0.2, 0.25) is 0 Å². The SMILES string of the molecule is CC(C)[C@@H](C(=O)O)N(C)N. The van der Waals surface area contributed by atoms with Gasteiger partial charge in [-0.05, 0) is 5.92 Å². The van der Waals surface area contributed by atoms with Gasteiger partial charge in [0.05, 0.1) is 0 Å². The molecular formula is C6H14N2O2. The van der Waals surface area contributed by atoms with Crippen LogP contribution in [0.3, 0.4) is 0 Å². The van der Waals surface area contributed by atoms with E-state index in [4.69, 9.17) is 10.9 Å². The molecule has 0 unspecified atom stereocenters. The number of hydrazine groups is 1. The maximum atomic E-state index is 10.5. The summed E-state index contributed by atoms with van der Waals surface area (Å²) < 4.78 is 0. The first-order chi connectivity index (χ1) is 4.46. The first-order valence-electron chi connectivity index (χ1n) is 3.17. The Hall–Kier alpha value is -0.610. The summed E-state index contributed by atoms with van der Waals surface area (Å²) in [5.41, 5.74) is 0. The van der Waals surface area contributed by atoms with Gasteiger partial charge >= 0.3 is 5.97 Å². The summed E-state index contributed by atoms with van der Waals surface area (Å²) in [5.74, 6) is 4.45. The van der Waals surface area contributed by atoms with Crippen molar-refractivity contribution >= 4 is 5.97 Å². The van der Waals surface area contributed by atoms with Gasteiger partial charge in [0.1, 0.15) is 6.04 Å². The topological polar surface area (TPSA) is 66.6 Å². The first kappa shape index (κ1) is 9.39. The standard InChI is InChI=1S/C6H14N2O2/c1-4(2)5(6(9)10)8(3)7/h4-5H,7H2,1-3H3,(H,9,10)/t5-/m0/s1. The van der Waals surface area contributed by atoms with Crippen LogP contribution in [-0.2, 0) is 4.79 Å². The van der Waals surface area contributed by atoms with Gasteiger partial charge < -0.3 is 5.11 Å². The Morgan fingerprint density at radius 2 is 2.00 bits per heavy atom. The van der Waals surface area contributed by atoms with Gasteiger partial charge in [0, 0.05) is 7.05 Å². The van der Waals surface area contributed by atoms with E-state index >= 15 is 0 Å². The molecule has 0 bridgehead atoms. The van der Waals surface area contributed by atoms with Gasteiger partial charge in [-0.3, -0.25) is 10.6 Å². The summed E-state index contributed by atoms with van der Waals surface area (Å²) in [5, 5.41) is 9.81. The van der Waals surface area contributed by atoms with E-state index in [1.807, 2.05) is 13.8 Å².